The highest BCUT2D eigenvalue weighted by Crippen LogP contribution is 2.42. The lowest BCUT2D eigenvalue weighted by Gasteiger charge is -2.32. The third-order valence-corrected chi connectivity index (χ3v) is 7.51. The number of hydrogen-bond acceptors (Lipinski definition) is 2. The van der Waals surface area contributed by atoms with Gasteiger partial charge in [0, 0.05) is 36.3 Å². The first-order chi connectivity index (χ1) is 16.6. The number of fused-ring (bicyclic) bond motifs is 3. The molecule has 35 heavy (non-hydrogen) atoms. The maximum Gasteiger partial charge on any atom is 0.255 e. The van der Waals surface area contributed by atoms with Gasteiger partial charge in [-0.25, -0.2) is 0 Å². The standard InChI is InChI=1S/C31H39N3O/c1-9-12-23(11-3)34-19-28(30(35)33(8)31(5,6)7)24-14-13-22-15-21(10-2)25(16-26(22)29(24)34)27-18-32-17-20(27)4/h9,11-12,15-17,19H,10,13-14,18H2,1-8H3/b12-9-,23-11+. The average Bonchev–Trinajstić information content (AvgIpc) is 3.43. The molecule has 184 valence electrons. The average molecular weight is 470 g/mol. The Hall–Kier alpha value is -3.14. The van der Waals surface area contributed by atoms with Crippen LogP contribution in [0.2, 0.25) is 0 Å². The van der Waals surface area contributed by atoms with Crippen LogP contribution >= 0.6 is 0 Å². The van der Waals surface area contributed by atoms with Crippen molar-refractivity contribution in [1.29, 1.82) is 0 Å². The highest BCUT2D eigenvalue weighted by atomic mass is 16.2. The fourth-order valence-electron chi connectivity index (χ4n) is 5.18. The van der Waals surface area contributed by atoms with Crippen molar-refractivity contribution in [2.75, 3.05) is 13.6 Å². The van der Waals surface area contributed by atoms with Crippen LogP contribution in [0.1, 0.15) is 81.1 Å². The summed E-state index contributed by atoms with van der Waals surface area (Å²) in [5.74, 6) is 0.0834. The van der Waals surface area contributed by atoms with E-state index in [1.165, 1.54) is 33.4 Å². The maximum atomic E-state index is 13.7. The maximum absolute atomic E-state index is 13.7. The number of aliphatic imine (C=N–C) groups is 1. The Morgan fingerprint density at radius 3 is 2.49 bits per heavy atom. The van der Waals surface area contributed by atoms with E-state index in [4.69, 9.17) is 0 Å². The summed E-state index contributed by atoms with van der Waals surface area (Å²) >= 11 is 0. The van der Waals surface area contributed by atoms with Crippen molar-refractivity contribution in [3.63, 3.8) is 0 Å². The van der Waals surface area contributed by atoms with Gasteiger partial charge in [0.2, 0.25) is 0 Å². The molecule has 0 spiro atoms. The van der Waals surface area contributed by atoms with E-state index in [2.05, 4.69) is 87.7 Å². The zero-order valence-electron chi connectivity index (χ0n) is 22.6. The van der Waals surface area contributed by atoms with E-state index in [1.54, 1.807) is 0 Å². The van der Waals surface area contributed by atoms with Crippen LogP contribution in [-0.4, -0.2) is 40.7 Å². The van der Waals surface area contributed by atoms with E-state index in [9.17, 15) is 4.79 Å². The number of carbonyl (C=O) groups excluding carboxylic acids is 1. The zero-order chi connectivity index (χ0) is 25.5. The molecule has 4 rings (SSSR count). The van der Waals surface area contributed by atoms with Gasteiger partial charge in [-0.3, -0.25) is 9.79 Å². The van der Waals surface area contributed by atoms with E-state index in [0.717, 1.165) is 48.3 Å². The van der Waals surface area contributed by atoms with Gasteiger partial charge in [-0.05, 0) is 106 Å². The molecule has 0 bridgehead atoms. The monoisotopic (exact) mass is 469 g/mol. The molecule has 0 saturated carbocycles. The molecule has 0 radical (unpaired) electrons. The zero-order valence-corrected chi connectivity index (χ0v) is 22.6. The van der Waals surface area contributed by atoms with Gasteiger partial charge in [0.15, 0.2) is 0 Å². The van der Waals surface area contributed by atoms with Crippen LogP contribution in [0.4, 0.5) is 0 Å². The Balaban J connectivity index is 1.99. The molecule has 1 amide bonds. The Kier molecular flexibility index (Phi) is 6.77. The van der Waals surface area contributed by atoms with Gasteiger partial charge >= 0.3 is 0 Å². The predicted octanol–water partition coefficient (Wildman–Crippen LogP) is 6.98. The first-order valence-electron chi connectivity index (χ1n) is 12.8. The summed E-state index contributed by atoms with van der Waals surface area (Å²) < 4.78 is 2.23. The first kappa shape index (κ1) is 25.0. The lowest BCUT2D eigenvalue weighted by Crippen LogP contribution is -2.42. The number of hydrogen-bond donors (Lipinski definition) is 0. The van der Waals surface area contributed by atoms with Crippen LogP contribution in [0.15, 0.2) is 47.1 Å². The molecule has 0 fully saturated rings. The van der Waals surface area contributed by atoms with E-state index in [-0.39, 0.29) is 11.4 Å². The van der Waals surface area contributed by atoms with Crippen LogP contribution in [0.25, 0.3) is 22.5 Å². The summed E-state index contributed by atoms with van der Waals surface area (Å²) in [6.45, 7) is 15.5. The minimum Gasteiger partial charge on any atom is -0.337 e. The van der Waals surface area contributed by atoms with Crippen molar-refractivity contribution in [2.45, 2.75) is 73.3 Å². The van der Waals surface area contributed by atoms with Crippen LogP contribution in [0.5, 0.6) is 0 Å². The highest BCUT2D eigenvalue weighted by Gasteiger charge is 2.32. The Morgan fingerprint density at radius 2 is 1.91 bits per heavy atom. The molecule has 1 aromatic heterocycles. The minimum absolute atomic E-state index is 0.0834. The topological polar surface area (TPSA) is 37.6 Å². The smallest absolute Gasteiger partial charge is 0.255 e. The van der Waals surface area contributed by atoms with Crippen LogP contribution in [-0.2, 0) is 19.3 Å². The summed E-state index contributed by atoms with van der Waals surface area (Å²) in [5, 5.41) is 0. The van der Waals surface area contributed by atoms with Gasteiger partial charge in [-0.2, -0.15) is 0 Å². The summed E-state index contributed by atoms with van der Waals surface area (Å²) in [5.41, 5.74) is 11.8. The van der Waals surface area contributed by atoms with Crippen LogP contribution in [0, 0.1) is 0 Å². The van der Waals surface area contributed by atoms with E-state index in [1.807, 2.05) is 25.1 Å². The van der Waals surface area contributed by atoms with Gasteiger partial charge in [-0.1, -0.05) is 25.1 Å². The molecular weight excluding hydrogens is 430 g/mol. The van der Waals surface area contributed by atoms with Crippen molar-refractivity contribution >= 4 is 23.4 Å². The Morgan fingerprint density at radius 1 is 1.17 bits per heavy atom. The second-order valence-corrected chi connectivity index (χ2v) is 10.6. The predicted molar refractivity (Wildman–Crippen MR) is 149 cm³/mol. The number of carbonyl (C=O) groups is 1. The SMILES string of the molecule is C/C=C\C(=C/C)n1cc(C(=O)N(C)C(C)(C)C)c2c1-c1cc(C3=C(C)C=NC3)c(CC)cc1CC2. The van der Waals surface area contributed by atoms with Gasteiger partial charge in [0.25, 0.3) is 5.91 Å². The molecule has 1 aliphatic heterocycles. The number of aromatic nitrogens is 1. The van der Waals surface area contributed by atoms with Gasteiger partial charge < -0.3 is 9.47 Å². The van der Waals surface area contributed by atoms with Gasteiger partial charge in [0.1, 0.15) is 0 Å². The molecule has 0 unspecified atom stereocenters. The lowest BCUT2D eigenvalue weighted by atomic mass is 9.83. The van der Waals surface area contributed by atoms with E-state index in [0.29, 0.717) is 0 Å². The van der Waals surface area contributed by atoms with Crippen molar-refractivity contribution < 1.29 is 4.79 Å². The van der Waals surface area contributed by atoms with Crippen molar-refractivity contribution in [3.8, 4) is 11.3 Å². The van der Waals surface area contributed by atoms with E-state index >= 15 is 0 Å². The Labute approximate surface area is 210 Å². The molecule has 0 atom stereocenters. The Bertz CT molecular complexity index is 1290. The van der Waals surface area contributed by atoms with Crippen molar-refractivity contribution in [2.24, 2.45) is 4.99 Å². The number of rotatable bonds is 5. The number of aryl methyl sites for hydroxylation is 2. The van der Waals surface area contributed by atoms with Crippen LogP contribution in [0.3, 0.4) is 0 Å². The summed E-state index contributed by atoms with van der Waals surface area (Å²) in [6, 6.07) is 4.78. The summed E-state index contributed by atoms with van der Waals surface area (Å²) in [7, 11) is 1.91. The van der Waals surface area contributed by atoms with E-state index < -0.39 is 0 Å². The molecule has 1 aliphatic carbocycles. The normalized spacial score (nSPS) is 15.7. The van der Waals surface area contributed by atoms with Crippen molar-refractivity contribution in [3.05, 3.63) is 69.9 Å². The van der Waals surface area contributed by atoms with Crippen molar-refractivity contribution in [1.82, 2.24) is 9.47 Å². The third-order valence-electron chi connectivity index (χ3n) is 7.51. The second kappa shape index (κ2) is 9.49. The number of benzene rings is 1. The summed E-state index contributed by atoms with van der Waals surface area (Å²) in [4.78, 5) is 20.1. The second-order valence-electron chi connectivity index (χ2n) is 10.6. The fourth-order valence-corrected chi connectivity index (χ4v) is 5.18. The third kappa shape index (κ3) is 4.35. The first-order valence-corrected chi connectivity index (χ1v) is 12.8. The number of allylic oxidation sites excluding steroid dienone is 5. The molecule has 4 heteroatoms. The largest absolute Gasteiger partial charge is 0.337 e. The van der Waals surface area contributed by atoms with Gasteiger partial charge in [-0.15, -0.1) is 0 Å². The quantitative estimate of drug-likeness (QED) is 0.435. The van der Waals surface area contributed by atoms with Gasteiger partial charge in [0.05, 0.1) is 17.8 Å². The molecule has 1 aromatic carbocycles. The minimum atomic E-state index is -0.249. The molecule has 0 saturated heterocycles. The van der Waals surface area contributed by atoms with Crippen LogP contribution < -0.4 is 0 Å². The summed E-state index contributed by atoms with van der Waals surface area (Å²) in [6.07, 6.45) is 13.2. The fraction of sp³-hybridized carbons (Fsp3) is 0.419. The molecular formula is C31H39N3O. The number of amides is 1. The molecule has 2 aromatic rings. The molecule has 4 nitrogen and oxygen atoms in total. The number of nitrogens with zero attached hydrogens (tertiary/aromatic N) is 3. The highest BCUT2D eigenvalue weighted by molar-refractivity contribution is 6.00. The molecule has 0 N–H and O–H groups in total. The lowest BCUT2D eigenvalue weighted by molar-refractivity contribution is 0.0655. The molecule has 2 heterocycles. The molecule has 2 aliphatic rings.